The molecule has 0 atom stereocenters. The van der Waals surface area contributed by atoms with Gasteiger partial charge in [-0.05, 0) is 22.9 Å². The highest BCUT2D eigenvalue weighted by molar-refractivity contribution is 5.87. The molecule has 0 amide bonds. The molecule has 0 N–H and O–H groups in total. The first kappa shape index (κ1) is 20.7. The molecule has 2 heterocycles. The Bertz CT molecular complexity index is 985. The van der Waals surface area contributed by atoms with Crippen molar-refractivity contribution in [2.24, 2.45) is 0 Å². The van der Waals surface area contributed by atoms with Crippen molar-refractivity contribution in [2.75, 3.05) is 14.2 Å². The Morgan fingerprint density at radius 2 is 1.04 bits per heavy atom. The summed E-state index contributed by atoms with van der Waals surface area (Å²) in [5, 5.41) is 4.77. The molecule has 2 aromatic heterocycles. The van der Waals surface area contributed by atoms with Crippen LogP contribution in [0.3, 0.4) is 0 Å². The van der Waals surface area contributed by atoms with Crippen LogP contribution in [0.2, 0.25) is 0 Å². The zero-order valence-corrected chi connectivity index (χ0v) is 16.6. The molecule has 0 aliphatic heterocycles. The first-order valence-corrected chi connectivity index (χ1v) is 8.23. The van der Waals surface area contributed by atoms with E-state index >= 15 is 0 Å². The number of rotatable bonds is 4. The second-order valence-corrected chi connectivity index (χ2v) is 6.00. The van der Waals surface area contributed by atoms with Crippen molar-refractivity contribution in [1.82, 2.24) is 0 Å². The molecule has 0 aliphatic carbocycles. The molecule has 0 fully saturated rings. The number of hydrogen-bond donors (Lipinski definition) is 0. The monoisotopic (exact) mass is 402 g/mol. The van der Waals surface area contributed by atoms with Gasteiger partial charge in [0.15, 0.2) is 0 Å². The maximum atomic E-state index is 5.42. The van der Waals surface area contributed by atoms with E-state index in [0.29, 0.717) is 0 Å². The summed E-state index contributed by atoms with van der Waals surface area (Å²) in [4.78, 5) is 10.8. The minimum atomic E-state index is 0. The summed E-state index contributed by atoms with van der Waals surface area (Å²) in [5.74, 6) is 0. The van der Waals surface area contributed by atoms with E-state index in [1.54, 1.807) is 23.7 Å². The van der Waals surface area contributed by atoms with E-state index in [4.69, 9.17) is 9.68 Å². The predicted octanol–water partition coefficient (Wildman–Crippen LogP) is -3.72. The third-order valence-corrected chi connectivity index (χ3v) is 4.51. The smallest absolute Gasteiger partial charge is 0.230 e. The molecule has 140 valence electrons. The van der Waals surface area contributed by atoms with Crippen LogP contribution in [0.25, 0.3) is 21.5 Å². The Hall–Kier alpha value is -2.56. The van der Waals surface area contributed by atoms with Crippen LogP contribution in [-0.4, -0.2) is 14.2 Å². The average Bonchev–Trinajstić information content (AvgIpc) is 2.67. The predicted molar refractivity (Wildman–Crippen MR) is 96.1 cm³/mol. The number of benzene rings is 2. The van der Waals surface area contributed by atoms with Crippen LogP contribution < -0.4 is 44.0 Å². The number of fused-ring (bicyclic) bond motifs is 2. The van der Waals surface area contributed by atoms with Crippen molar-refractivity contribution in [1.29, 1.82) is 0 Å². The van der Waals surface area contributed by atoms with Crippen LogP contribution in [0.15, 0.2) is 73.3 Å². The summed E-state index contributed by atoms with van der Waals surface area (Å²) >= 11 is 0. The van der Waals surface area contributed by atoms with Crippen molar-refractivity contribution in [3.8, 4) is 0 Å². The molecule has 0 radical (unpaired) electrons. The van der Waals surface area contributed by atoms with Crippen LogP contribution in [-0.2, 0) is 6.42 Å². The fraction of sp³-hybridized carbons (Fsp3) is 0.143. The summed E-state index contributed by atoms with van der Waals surface area (Å²) in [6, 6.07) is 16.7. The van der Waals surface area contributed by atoms with E-state index in [2.05, 4.69) is 36.4 Å². The largest absolute Gasteiger partial charge is 1.00 e. The van der Waals surface area contributed by atoms with Crippen molar-refractivity contribution < 1.29 is 44.0 Å². The first-order valence-electron chi connectivity index (χ1n) is 8.23. The summed E-state index contributed by atoms with van der Waals surface area (Å²) < 4.78 is 3.51. The lowest BCUT2D eigenvalue weighted by Crippen LogP contribution is -3.00. The van der Waals surface area contributed by atoms with Gasteiger partial charge in [-0.15, -0.1) is 0 Å². The minimum absolute atomic E-state index is 0. The van der Waals surface area contributed by atoms with Crippen LogP contribution in [0.1, 0.15) is 11.1 Å². The van der Waals surface area contributed by atoms with E-state index < -0.39 is 0 Å². The normalized spacial score (nSPS) is 10.1. The van der Waals surface area contributed by atoms with Gasteiger partial charge in [0.1, 0.15) is 14.2 Å². The van der Waals surface area contributed by atoms with Gasteiger partial charge in [-0.3, -0.25) is 9.68 Å². The number of pyridine rings is 2. The Balaban J connectivity index is 0.00000131. The van der Waals surface area contributed by atoms with E-state index in [0.717, 1.165) is 17.2 Å². The summed E-state index contributed by atoms with van der Waals surface area (Å²) in [6.45, 7) is 0. The van der Waals surface area contributed by atoms with Gasteiger partial charge >= 0.3 is 0 Å². The lowest BCUT2D eigenvalue weighted by Gasteiger charge is -2.07. The summed E-state index contributed by atoms with van der Waals surface area (Å²) in [6.07, 6.45) is 8.87. The standard InChI is InChI=1S/C21H20N2O2.2ClH/c1-24-22-12-16-7-3-5-9-20(16)18(14-22)11-19-15-23(25-2)13-17-8-4-6-10-21(17)19;;/h3-10,12-15H,11H2,1-2H3;2*1H/q+2;;/p-2. The van der Waals surface area contributed by atoms with Gasteiger partial charge in [-0.25, -0.2) is 0 Å². The van der Waals surface area contributed by atoms with E-state index in [1.807, 2.05) is 36.9 Å². The Labute approximate surface area is 170 Å². The van der Waals surface area contributed by atoms with Crippen molar-refractivity contribution in [3.63, 3.8) is 0 Å². The molecular weight excluding hydrogens is 383 g/mol. The van der Waals surface area contributed by atoms with Gasteiger partial charge in [0.25, 0.3) is 0 Å². The highest BCUT2D eigenvalue weighted by Crippen LogP contribution is 2.23. The van der Waals surface area contributed by atoms with Crippen LogP contribution in [0.5, 0.6) is 0 Å². The molecule has 0 aliphatic rings. The van der Waals surface area contributed by atoms with Gasteiger partial charge in [0, 0.05) is 27.0 Å². The van der Waals surface area contributed by atoms with Crippen molar-refractivity contribution >= 4 is 21.5 Å². The molecular formula is C21H20Cl2N2O2. The molecule has 4 aromatic rings. The van der Waals surface area contributed by atoms with Gasteiger partial charge < -0.3 is 24.8 Å². The zero-order valence-electron chi connectivity index (χ0n) is 15.1. The van der Waals surface area contributed by atoms with Crippen LogP contribution in [0.4, 0.5) is 0 Å². The fourth-order valence-electron chi connectivity index (χ4n) is 3.30. The Kier molecular flexibility index (Phi) is 6.83. The molecule has 6 heteroatoms. The van der Waals surface area contributed by atoms with Gasteiger partial charge in [0.05, 0.1) is 10.8 Å². The van der Waals surface area contributed by atoms with Gasteiger partial charge in [-0.2, -0.15) is 0 Å². The van der Waals surface area contributed by atoms with E-state index in [1.165, 1.54) is 21.9 Å². The number of hydrogen-bond acceptors (Lipinski definition) is 2. The fourth-order valence-corrected chi connectivity index (χ4v) is 3.30. The van der Waals surface area contributed by atoms with E-state index in [9.17, 15) is 0 Å². The third kappa shape index (κ3) is 4.07. The number of aromatic nitrogens is 2. The quantitative estimate of drug-likeness (QED) is 0.328. The number of nitrogens with zero attached hydrogens (tertiary/aromatic N) is 2. The summed E-state index contributed by atoms with van der Waals surface area (Å²) in [7, 11) is 3.35. The molecule has 2 aromatic carbocycles. The first-order chi connectivity index (χ1) is 12.3. The molecule has 0 unspecified atom stereocenters. The zero-order chi connectivity index (χ0) is 17.2. The molecule has 0 saturated carbocycles. The molecule has 0 bridgehead atoms. The van der Waals surface area contributed by atoms with E-state index in [-0.39, 0.29) is 24.8 Å². The maximum Gasteiger partial charge on any atom is 0.230 e. The SMILES string of the molecule is CO[n+]1cc(Cc2c[n+](OC)cc3ccccc23)c2ccccc2c1.[Cl-].[Cl-]. The maximum absolute atomic E-state index is 5.42. The molecule has 4 nitrogen and oxygen atoms in total. The highest BCUT2D eigenvalue weighted by Gasteiger charge is 2.16. The minimum Gasteiger partial charge on any atom is -1.00 e. The highest BCUT2D eigenvalue weighted by atomic mass is 35.5. The van der Waals surface area contributed by atoms with Crippen molar-refractivity contribution in [3.05, 3.63) is 84.4 Å². The van der Waals surface area contributed by atoms with Crippen LogP contribution in [0, 0.1) is 0 Å². The molecule has 0 spiro atoms. The lowest BCUT2D eigenvalue weighted by molar-refractivity contribution is -0.885. The number of halogens is 2. The second-order valence-electron chi connectivity index (χ2n) is 6.00. The molecule has 27 heavy (non-hydrogen) atoms. The molecule has 0 saturated heterocycles. The summed E-state index contributed by atoms with van der Waals surface area (Å²) in [5.41, 5.74) is 2.41. The van der Waals surface area contributed by atoms with Crippen molar-refractivity contribution in [2.45, 2.75) is 6.42 Å². The third-order valence-electron chi connectivity index (χ3n) is 4.51. The second kappa shape index (κ2) is 8.89. The lowest BCUT2D eigenvalue weighted by atomic mass is 9.98. The van der Waals surface area contributed by atoms with Gasteiger partial charge in [-0.1, -0.05) is 36.4 Å². The average molecular weight is 403 g/mol. The Morgan fingerprint density at radius 1 is 0.630 bits per heavy atom. The Morgan fingerprint density at radius 3 is 1.44 bits per heavy atom. The van der Waals surface area contributed by atoms with Gasteiger partial charge in [0.2, 0.25) is 24.8 Å². The topological polar surface area (TPSA) is 26.2 Å². The van der Waals surface area contributed by atoms with Crippen LogP contribution >= 0.6 is 0 Å². The molecule has 4 rings (SSSR count).